The van der Waals surface area contributed by atoms with Gasteiger partial charge in [-0.1, -0.05) is 28.9 Å². The SMILES string of the molecule is CCCN1c2cc(C)c(/C=C3/NC(=O)N(CC(=O)Nc4ccc(Br)cc4)C3=O)cc2C(C)=CC1(C)C. The number of amides is 4. The van der Waals surface area contributed by atoms with E-state index in [0.717, 1.165) is 39.0 Å². The largest absolute Gasteiger partial charge is 0.362 e. The van der Waals surface area contributed by atoms with Crippen molar-refractivity contribution in [1.82, 2.24) is 10.2 Å². The lowest BCUT2D eigenvalue weighted by atomic mass is 9.86. The van der Waals surface area contributed by atoms with Crippen LogP contribution in [0.5, 0.6) is 0 Å². The number of carbonyl (C=O) groups excluding carboxylic acids is 3. The molecular formula is C28H31BrN4O3. The van der Waals surface area contributed by atoms with Crippen molar-refractivity contribution < 1.29 is 14.4 Å². The van der Waals surface area contributed by atoms with Crippen LogP contribution >= 0.6 is 15.9 Å². The predicted octanol–water partition coefficient (Wildman–Crippen LogP) is 5.70. The van der Waals surface area contributed by atoms with Gasteiger partial charge in [0.15, 0.2) is 0 Å². The van der Waals surface area contributed by atoms with Gasteiger partial charge in [-0.25, -0.2) is 9.69 Å². The molecule has 1 saturated heterocycles. The van der Waals surface area contributed by atoms with Gasteiger partial charge < -0.3 is 15.5 Å². The van der Waals surface area contributed by atoms with E-state index in [1.54, 1.807) is 30.3 Å². The van der Waals surface area contributed by atoms with E-state index >= 15 is 0 Å². The second kappa shape index (κ2) is 9.93. The molecule has 4 amide bonds. The quantitative estimate of drug-likeness (QED) is 0.357. The molecule has 0 atom stereocenters. The number of urea groups is 1. The van der Waals surface area contributed by atoms with Crippen LogP contribution in [0.15, 0.2) is 52.6 Å². The van der Waals surface area contributed by atoms with Crippen molar-refractivity contribution in [3.8, 4) is 0 Å². The standard InChI is InChI=1S/C28H31BrN4O3/c1-6-11-33-24-12-17(2)19(13-22(24)18(3)15-28(33,4)5)14-23-26(35)32(27(36)31-23)16-25(34)30-21-9-7-20(29)8-10-21/h7-10,12-15H,6,11,16H2,1-5H3,(H,30,34)(H,31,36)/b23-14+. The van der Waals surface area contributed by atoms with Gasteiger partial charge in [0.05, 0.1) is 5.54 Å². The van der Waals surface area contributed by atoms with Gasteiger partial charge in [-0.05, 0) is 93.3 Å². The number of halogens is 1. The van der Waals surface area contributed by atoms with Gasteiger partial charge in [0.2, 0.25) is 5.91 Å². The third-order valence-corrected chi connectivity index (χ3v) is 7.03. The number of allylic oxidation sites excluding steroid dienone is 1. The van der Waals surface area contributed by atoms with E-state index in [1.807, 2.05) is 6.92 Å². The second-order valence-corrected chi connectivity index (χ2v) is 10.7. The smallest absolute Gasteiger partial charge is 0.329 e. The molecule has 0 saturated carbocycles. The first kappa shape index (κ1) is 25.7. The van der Waals surface area contributed by atoms with Crippen molar-refractivity contribution in [2.24, 2.45) is 0 Å². The molecule has 2 aromatic rings. The summed E-state index contributed by atoms with van der Waals surface area (Å²) in [5, 5.41) is 5.33. The summed E-state index contributed by atoms with van der Waals surface area (Å²) in [6, 6.07) is 10.7. The maximum atomic E-state index is 13.0. The number of anilines is 2. The van der Waals surface area contributed by atoms with E-state index < -0.39 is 17.8 Å². The predicted molar refractivity (Wildman–Crippen MR) is 148 cm³/mol. The van der Waals surface area contributed by atoms with Gasteiger partial charge in [0, 0.05) is 28.0 Å². The highest BCUT2D eigenvalue weighted by molar-refractivity contribution is 9.10. The van der Waals surface area contributed by atoms with Crippen LogP contribution in [0.1, 0.15) is 50.8 Å². The summed E-state index contributed by atoms with van der Waals surface area (Å²) < 4.78 is 0.884. The van der Waals surface area contributed by atoms with E-state index in [2.05, 4.69) is 77.4 Å². The van der Waals surface area contributed by atoms with Gasteiger partial charge in [-0.3, -0.25) is 9.59 Å². The molecular weight excluding hydrogens is 520 g/mol. The van der Waals surface area contributed by atoms with E-state index in [1.165, 1.54) is 11.3 Å². The minimum absolute atomic E-state index is 0.0910. The van der Waals surface area contributed by atoms with Crippen LogP contribution in [0.4, 0.5) is 16.2 Å². The molecule has 188 valence electrons. The Bertz CT molecular complexity index is 1290. The van der Waals surface area contributed by atoms with Crippen LogP contribution in [0.2, 0.25) is 0 Å². The number of imide groups is 1. The molecule has 2 aliphatic heterocycles. The summed E-state index contributed by atoms with van der Waals surface area (Å²) in [5.74, 6) is -0.976. The first-order valence-electron chi connectivity index (χ1n) is 12.0. The summed E-state index contributed by atoms with van der Waals surface area (Å²) in [6.07, 6.45) is 5.00. The highest BCUT2D eigenvalue weighted by Gasteiger charge is 2.35. The topological polar surface area (TPSA) is 81.8 Å². The monoisotopic (exact) mass is 550 g/mol. The molecule has 0 radical (unpaired) electrons. The van der Waals surface area contributed by atoms with Gasteiger partial charge >= 0.3 is 6.03 Å². The fraction of sp³-hybridized carbons (Fsp3) is 0.321. The number of aryl methyl sites for hydroxylation is 1. The van der Waals surface area contributed by atoms with Crippen LogP contribution in [0, 0.1) is 6.92 Å². The number of rotatable bonds is 6. The third kappa shape index (κ3) is 5.09. The Morgan fingerprint density at radius 3 is 2.50 bits per heavy atom. The van der Waals surface area contributed by atoms with Crippen molar-refractivity contribution in [3.63, 3.8) is 0 Å². The maximum absolute atomic E-state index is 13.0. The lowest BCUT2D eigenvalue weighted by Gasteiger charge is -2.43. The zero-order chi connectivity index (χ0) is 26.2. The number of nitrogens with zero attached hydrogens (tertiary/aromatic N) is 2. The van der Waals surface area contributed by atoms with Crippen molar-refractivity contribution in [1.29, 1.82) is 0 Å². The second-order valence-electron chi connectivity index (χ2n) is 9.79. The minimum atomic E-state index is -0.611. The number of hydrogen-bond acceptors (Lipinski definition) is 4. The number of hydrogen-bond donors (Lipinski definition) is 2. The number of nitrogens with one attached hydrogen (secondary N) is 2. The van der Waals surface area contributed by atoms with Crippen LogP contribution < -0.4 is 15.5 Å². The Hall–Kier alpha value is -3.39. The summed E-state index contributed by atoms with van der Waals surface area (Å²) in [7, 11) is 0. The summed E-state index contributed by atoms with van der Waals surface area (Å²) in [6.45, 7) is 11.3. The zero-order valence-corrected chi connectivity index (χ0v) is 22.8. The van der Waals surface area contributed by atoms with E-state index in [-0.39, 0.29) is 17.8 Å². The molecule has 0 aromatic heterocycles. The molecule has 2 aliphatic rings. The van der Waals surface area contributed by atoms with E-state index in [0.29, 0.717) is 5.69 Å². The number of benzene rings is 2. The summed E-state index contributed by atoms with van der Waals surface area (Å²) in [5.41, 5.74) is 5.96. The van der Waals surface area contributed by atoms with Crippen LogP contribution in [0.25, 0.3) is 11.6 Å². The fourth-order valence-electron chi connectivity index (χ4n) is 4.78. The summed E-state index contributed by atoms with van der Waals surface area (Å²) >= 11 is 3.35. The first-order chi connectivity index (χ1) is 17.0. The molecule has 8 heteroatoms. The number of carbonyl (C=O) groups is 3. The maximum Gasteiger partial charge on any atom is 0.329 e. The van der Waals surface area contributed by atoms with Gasteiger partial charge in [0.1, 0.15) is 12.2 Å². The fourth-order valence-corrected chi connectivity index (χ4v) is 5.04. The molecule has 36 heavy (non-hydrogen) atoms. The Labute approximate surface area is 220 Å². The minimum Gasteiger partial charge on any atom is -0.362 e. The summed E-state index contributed by atoms with van der Waals surface area (Å²) in [4.78, 5) is 41.3. The number of fused-ring (bicyclic) bond motifs is 1. The molecule has 0 unspecified atom stereocenters. The van der Waals surface area contributed by atoms with Crippen molar-refractivity contribution in [3.05, 3.63) is 69.3 Å². The Balaban J connectivity index is 1.57. The van der Waals surface area contributed by atoms with Crippen LogP contribution in [-0.4, -0.2) is 41.4 Å². The normalized spacial score (nSPS) is 17.7. The first-order valence-corrected chi connectivity index (χ1v) is 12.8. The highest BCUT2D eigenvalue weighted by Crippen LogP contribution is 2.40. The highest BCUT2D eigenvalue weighted by atomic mass is 79.9. The lowest BCUT2D eigenvalue weighted by Crippen LogP contribution is -2.45. The van der Waals surface area contributed by atoms with Gasteiger partial charge in [-0.2, -0.15) is 0 Å². The van der Waals surface area contributed by atoms with E-state index in [4.69, 9.17) is 0 Å². The molecule has 0 spiro atoms. The van der Waals surface area contributed by atoms with Gasteiger partial charge in [-0.15, -0.1) is 0 Å². The van der Waals surface area contributed by atoms with Crippen LogP contribution in [0.3, 0.4) is 0 Å². The van der Waals surface area contributed by atoms with Crippen molar-refractivity contribution >= 4 is 56.8 Å². The van der Waals surface area contributed by atoms with Crippen molar-refractivity contribution in [2.75, 3.05) is 23.3 Å². The molecule has 7 nitrogen and oxygen atoms in total. The average molecular weight is 551 g/mol. The average Bonchev–Trinajstić information content (AvgIpc) is 3.06. The Morgan fingerprint density at radius 2 is 1.83 bits per heavy atom. The molecule has 1 fully saturated rings. The molecule has 0 aliphatic carbocycles. The zero-order valence-electron chi connectivity index (χ0n) is 21.2. The van der Waals surface area contributed by atoms with Crippen molar-refractivity contribution in [2.45, 2.75) is 46.6 Å². The lowest BCUT2D eigenvalue weighted by molar-refractivity contribution is -0.127. The molecule has 4 rings (SSSR count). The van der Waals surface area contributed by atoms with E-state index in [9.17, 15) is 14.4 Å². The molecule has 2 aromatic carbocycles. The molecule has 0 bridgehead atoms. The molecule has 2 N–H and O–H groups in total. The third-order valence-electron chi connectivity index (χ3n) is 6.50. The van der Waals surface area contributed by atoms with Crippen LogP contribution in [-0.2, 0) is 9.59 Å². The Kier molecular flexibility index (Phi) is 7.09. The molecule has 2 heterocycles. The van der Waals surface area contributed by atoms with Gasteiger partial charge in [0.25, 0.3) is 5.91 Å². The Morgan fingerprint density at radius 1 is 1.14 bits per heavy atom.